The smallest absolute Gasteiger partial charge is 0.245 e. The molecule has 2 aromatic carbocycles. The summed E-state index contributed by atoms with van der Waals surface area (Å²) in [5, 5.41) is 20.5. The van der Waals surface area contributed by atoms with Crippen LogP contribution in [0.25, 0.3) is 0 Å². The number of nitrogens with zero attached hydrogens (tertiary/aromatic N) is 2. The van der Waals surface area contributed by atoms with Crippen molar-refractivity contribution in [2.24, 2.45) is 5.73 Å². The minimum Gasteiger partial charge on any atom is -0.420 e. The van der Waals surface area contributed by atoms with Crippen LogP contribution in [0, 0.1) is 18.3 Å². The molecular formula is C22H16ClN5O2S. The van der Waals surface area contributed by atoms with Crippen LogP contribution in [-0.2, 0) is 16.0 Å². The maximum atomic E-state index is 13.5. The summed E-state index contributed by atoms with van der Waals surface area (Å²) in [7, 11) is 0. The highest BCUT2D eigenvalue weighted by molar-refractivity contribution is 7.98. The Morgan fingerprint density at radius 1 is 1.29 bits per heavy atom. The number of anilines is 1. The number of carbonyl (C=O) groups is 1. The number of nitrogens with one attached hydrogen (secondary N) is 2. The summed E-state index contributed by atoms with van der Waals surface area (Å²) in [6, 6.07) is 15.3. The Morgan fingerprint density at radius 2 is 2.06 bits per heavy atom. The minimum atomic E-state index is -1.48. The molecule has 1 atom stereocenters. The Hall–Kier alpha value is -3.41. The lowest BCUT2D eigenvalue weighted by atomic mass is 9.69. The van der Waals surface area contributed by atoms with Crippen LogP contribution in [0.5, 0.6) is 5.88 Å². The number of halogens is 1. The summed E-state index contributed by atoms with van der Waals surface area (Å²) in [4.78, 5) is 14.5. The van der Waals surface area contributed by atoms with Gasteiger partial charge in [0.2, 0.25) is 17.7 Å². The maximum Gasteiger partial charge on any atom is 0.245 e. The van der Waals surface area contributed by atoms with Crippen molar-refractivity contribution >= 4 is 35.0 Å². The van der Waals surface area contributed by atoms with Gasteiger partial charge in [-0.1, -0.05) is 29.3 Å². The Bertz CT molecular complexity index is 1310. The largest absolute Gasteiger partial charge is 0.420 e. The van der Waals surface area contributed by atoms with Crippen LogP contribution in [0.15, 0.2) is 58.8 Å². The van der Waals surface area contributed by atoms with Crippen LogP contribution in [0.4, 0.5) is 5.69 Å². The van der Waals surface area contributed by atoms with E-state index in [1.807, 2.05) is 31.2 Å². The highest BCUT2D eigenvalue weighted by Crippen LogP contribution is 2.54. The first-order valence-electron chi connectivity index (χ1n) is 9.42. The van der Waals surface area contributed by atoms with Crippen molar-refractivity contribution in [3.63, 3.8) is 0 Å². The van der Waals surface area contributed by atoms with Gasteiger partial charge < -0.3 is 15.8 Å². The number of hydrogen-bond acceptors (Lipinski definition) is 6. The third-order valence-corrected chi connectivity index (χ3v) is 6.78. The average molecular weight is 450 g/mol. The molecule has 0 saturated heterocycles. The number of aromatic amines is 1. The molecule has 3 heterocycles. The second kappa shape index (κ2) is 7.08. The molecule has 1 aromatic heterocycles. The first kappa shape index (κ1) is 19.5. The molecular weight excluding hydrogens is 434 g/mol. The molecule has 0 unspecified atom stereocenters. The fraction of sp³-hybridized carbons (Fsp3) is 0.136. The molecule has 3 aromatic rings. The number of fused-ring (bicyclic) bond motifs is 4. The first-order chi connectivity index (χ1) is 14.9. The van der Waals surface area contributed by atoms with Gasteiger partial charge in [0, 0.05) is 26.9 Å². The minimum absolute atomic E-state index is 0.0153. The molecule has 0 aliphatic carbocycles. The number of aromatic nitrogens is 2. The number of nitrogens with two attached hydrogens (primary N) is 1. The topological polar surface area (TPSA) is 117 Å². The van der Waals surface area contributed by atoms with Crippen LogP contribution in [0.1, 0.15) is 22.4 Å². The third kappa shape index (κ3) is 2.81. The first-order valence-corrected chi connectivity index (χ1v) is 10.8. The van der Waals surface area contributed by atoms with Gasteiger partial charge in [-0.3, -0.25) is 9.89 Å². The van der Waals surface area contributed by atoms with Gasteiger partial charge in [-0.15, -0.1) is 16.9 Å². The van der Waals surface area contributed by atoms with Crippen molar-refractivity contribution in [3.8, 4) is 11.9 Å². The van der Waals surface area contributed by atoms with Crippen molar-refractivity contribution in [3.05, 3.63) is 81.3 Å². The number of aryl methyl sites for hydroxylation is 1. The normalized spacial score (nSPS) is 18.9. The lowest BCUT2D eigenvalue weighted by molar-refractivity contribution is -0.118. The van der Waals surface area contributed by atoms with Gasteiger partial charge in [-0.05, 0) is 37.3 Å². The Balaban J connectivity index is 1.68. The van der Waals surface area contributed by atoms with Crippen LogP contribution >= 0.6 is 23.4 Å². The second-order valence-corrected chi connectivity index (χ2v) is 8.82. The van der Waals surface area contributed by atoms with E-state index in [4.69, 9.17) is 22.1 Å². The fourth-order valence-electron chi connectivity index (χ4n) is 4.09. The number of ether oxygens (including phenoxy) is 1. The molecule has 1 spiro atoms. The number of rotatable bonds is 3. The van der Waals surface area contributed by atoms with E-state index in [9.17, 15) is 10.1 Å². The number of thioether (sulfide) groups is 1. The zero-order valence-corrected chi connectivity index (χ0v) is 17.9. The lowest BCUT2D eigenvalue weighted by Gasteiger charge is -2.31. The SMILES string of the molecule is Cc1ccc(SCc2[nH]nc3c2[C@@]2(C(=O)Nc4ccc(Cl)cc42)C(C#N)=C(N)O3)cc1. The van der Waals surface area contributed by atoms with Gasteiger partial charge in [0.1, 0.15) is 17.1 Å². The number of nitriles is 1. The molecule has 2 aliphatic heterocycles. The number of benzene rings is 2. The van der Waals surface area contributed by atoms with Gasteiger partial charge in [0.25, 0.3) is 0 Å². The summed E-state index contributed by atoms with van der Waals surface area (Å²) in [5.41, 5.74) is 8.05. The number of hydrogen-bond donors (Lipinski definition) is 3. The van der Waals surface area contributed by atoms with Gasteiger partial charge in [-0.25, -0.2) is 0 Å². The molecule has 1 amide bonds. The van der Waals surface area contributed by atoms with Crippen molar-refractivity contribution in [2.45, 2.75) is 23.0 Å². The van der Waals surface area contributed by atoms with E-state index >= 15 is 0 Å². The molecule has 7 nitrogen and oxygen atoms in total. The summed E-state index contributed by atoms with van der Waals surface area (Å²) < 4.78 is 5.63. The van der Waals surface area contributed by atoms with Crippen LogP contribution in [0.2, 0.25) is 5.02 Å². The highest BCUT2D eigenvalue weighted by atomic mass is 35.5. The summed E-state index contributed by atoms with van der Waals surface area (Å²) in [6.45, 7) is 2.03. The van der Waals surface area contributed by atoms with E-state index in [0.29, 0.717) is 33.3 Å². The Kier molecular flexibility index (Phi) is 4.46. The zero-order chi connectivity index (χ0) is 21.8. The van der Waals surface area contributed by atoms with E-state index < -0.39 is 11.3 Å². The van der Waals surface area contributed by atoms with E-state index in [-0.39, 0.29) is 17.3 Å². The van der Waals surface area contributed by atoms with Gasteiger partial charge in [0.15, 0.2) is 0 Å². The Labute approximate surface area is 187 Å². The molecule has 31 heavy (non-hydrogen) atoms. The fourth-order valence-corrected chi connectivity index (χ4v) is 5.11. The second-order valence-electron chi connectivity index (χ2n) is 7.33. The lowest BCUT2D eigenvalue weighted by Crippen LogP contribution is -2.42. The third-order valence-electron chi connectivity index (χ3n) is 5.50. The van der Waals surface area contributed by atoms with Crippen molar-refractivity contribution in [1.29, 1.82) is 5.26 Å². The van der Waals surface area contributed by atoms with Gasteiger partial charge in [0.05, 0.1) is 11.3 Å². The van der Waals surface area contributed by atoms with E-state index in [0.717, 1.165) is 4.90 Å². The molecule has 0 fully saturated rings. The van der Waals surface area contributed by atoms with Crippen molar-refractivity contribution < 1.29 is 9.53 Å². The van der Waals surface area contributed by atoms with Crippen LogP contribution in [0.3, 0.4) is 0 Å². The van der Waals surface area contributed by atoms with Crippen molar-refractivity contribution in [2.75, 3.05) is 5.32 Å². The van der Waals surface area contributed by atoms with E-state index in [1.165, 1.54) is 5.56 Å². The average Bonchev–Trinajstić information content (AvgIpc) is 3.27. The number of H-pyrrole nitrogens is 1. The van der Waals surface area contributed by atoms with Gasteiger partial charge in [-0.2, -0.15) is 5.26 Å². The molecule has 4 N–H and O–H groups in total. The highest BCUT2D eigenvalue weighted by Gasteiger charge is 2.58. The maximum absolute atomic E-state index is 13.5. The van der Waals surface area contributed by atoms with E-state index in [1.54, 1.807) is 30.0 Å². The van der Waals surface area contributed by atoms with Gasteiger partial charge >= 0.3 is 0 Å². The summed E-state index contributed by atoms with van der Waals surface area (Å²) >= 11 is 7.85. The zero-order valence-electron chi connectivity index (χ0n) is 16.3. The summed E-state index contributed by atoms with van der Waals surface area (Å²) in [6.07, 6.45) is 0. The quantitative estimate of drug-likeness (QED) is 0.520. The van der Waals surface area contributed by atoms with Crippen LogP contribution < -0.4 is 15.8 Å². The molecule has 2 aliphatic rings. The number of amides is 1. The monoisotopic (exact) mass is 449 g/mol. The molecule has 0 saturated carbocycles. The van der Waals surface area contributed by atoms with E-state index in [2.05, 4.69) is 21.6 Å². The molecule has 9 heteroatoms. The standard InChI is InChI=1S/C22H16ClN5O2S/c1-11-2-5-13(6-3-11)31-10-17-18-20(28-27-17)30-19(25)15(9-24)22(18)14-8-12(23)4-7-16(14)26-21(22)29/h2-8H,10,25H2,1H3,(H,26,29)(H,27,28)/t22-/m0/s1. The summed E-state index contributed by atoms with van der Waals surface area (Å²) in [5.74, 6) is 0.121. The predicted molar refractivity (Wildman–Crippen MR) is 118 cm³/mol. The molecule has 154 valence electrons. The molecule has 0 radical (unpaired) electrons. The molecule has 5 rings (SSSR count). The van der Waals surface area contributed by atoms with Crippen LogP contribution in [-0.4, -0.2) is 16.1 Å². The predicted octanol–water partition coefficient (Wildman–Crippen LogP) is 3.99. The Morgan fingerprint density at radius 3 is 2.81 bits per heavy atom. The molecule has 0 bridgehead atoms. The number of carbonyl (C=O) groups excluding carboxylic acids is 1. The van der Waals surface area contributed by atoms with Crippen molar-refractivity contribution in [1.82, 2.24) is 10.2 Å².